The van der Waals surface area contributed by atoms with Gasteiger partial charge in [0.25, 0.3) is 5.69 Å². The third-order valence-corrected chi connectivity index (χ3v) is 5.14. The van der Waals surface area contributed by atoms with Gasteiger partial charge in [-0.3, -0.25) is 14.9 Å². The maximum atomic E-state index is 12.1. The van der Waals surface area contributed by atoms with E-state index in [-0.39, 0.29) is 35.6 Å². The molecular weight excluding hydrogens is 336 g/mol. The number of rotatable bonds is 7. The van der Waals surface area contributed by atoms with Gasteiger partial charge in [0, 0.05) is 25.2 Å². The van der Waals surface area contributed by atoms with Crippen molar-refractivity contribution in [3.05, 3.63) is 34.4 Å². The van der Waals surface area contributed by atoms with E-state index in [1.165, 1.54) is 18.2 Å². The van der Waals surface area contributed by atoms with E-state index in [9.17, 15) is 23.3 Å². The zero-order valence-electron chi connectivity index (χ0n) is 13.0. The summed E-state index contributed by atoms with van der Waals surface area (Å²) in [5.74, 6) is -0.149. The molecule has 0 spiro atoms. The van der Waals surface area contributed by atoms with Crippen molar-refractivity contribution >= 4 is 21.6 Å². The van der Waals surface area contributed by atoms with Crippen molar-refractivity contribution in [3.63, 3.8) is 0 Å². The van der Waals surface area contributed by atoms with Gasteiger partial charge in [-0.1, -0.05) is 12.5 Å². The molecule has 24 heavy (non-hydrogen) atoms. The molecule has 1 unspecified atom stereocenters. The van der Waals surface area contributed by atoms with E-state index in [4.69, 9.17) is 0 Å². The average molecular weight is 356 g/mol. The number of nitro groups is 1. The molecule has 1 aliphatic heterocycles. The molecule has 1 atom stereocenters. The van der Waals surface area contributed by atoms with Crippen molar-refractivity contribution < 1.29 is 18.1 Å². The third kappa shape index (κ3) is 4.98. The van der Waals surface area contributed by atoms with Crippen molar-refractivity contribution in [2.45, 2.75) is 30.2 Å². The lowest BCUT2D eigenvalue weighted by molar-refractivity contribution is -0.385. The molecule has 0 bridgehead atoms. The molecule has 0 aliphatic carbocycles. The lowest BCUT2D eigenvalue weighted by Gasteiger charge is -2.22. The Morgan fingerprint density at radius 2 is 2.12 bits per heavy atom. The minimum atomic E-state index is -3.86. The SMILES string of the molecule is O=C(NCCNS(=O)(=O)c1cccc([N+](=O)[O-])c1)C1CCCCN1. The van der Waals surface area contributed by atoms with Crippen molar-refractivity contribution in [2.24, 2.45) is 0 Å². The molecule has 1 aliphatic rings. The van der Waals surface area contributed by atoms with Gasteiger partial charge in [-0.2, -0.15) is 0 Å². The lowest BCUT2D eigenvalue weighted by Crippen LogP contribution is -2.48. The summed E-state index contributed by atoms with van der Waals surface area (Å²) in [6.07, 6.45) is 2.81. The third-order valence-electron chi connectivity index (χ3n) is 3.68. The standard InChI is InChI=1S/C14H20N4O5S/c19-14(13-6-1-2-7-15-13)16-8-9-17-24(22,23)12-5-3-4-11(10-12)18(20)21/h3-5,10,13,15,17H,1-2,6-9H2,(H,16,19). The fourth-order valence-corrected chi connectivity index (χ4v) is 3.49. The first-order valence-electron chi connectivity index (χ1n) is 7.65. The number of hydrogen-bond acceptors (Lipinski definition) is 6. The molecule has 3 N–H and O–H groups in total. The maximum absolute atomic E-state index is 12.1. The molecule has 0 aromatic heterocycles. The molecule has 0 radical (unpaired) electrons. The highest BCUT2D eigenvalue weighted by Crippen LogP contribution is 2.16. The number of carbonyl (C=O) groups excluding carboxylic acids is 1. The smallest absolute Gasteiger partial charge is 0.270 e. The average Bonchev–Trinajstić information content (AvgIpc) is 2.59. The van der Waals surface area contributed by atoms with Crippen molar-refractivity contribution in [2.75, 3.05) is 19.6 Å². The second kappa shape index (κ2) is 8.18. The molecule has 1 amide bonds. The van der Waals surface area contributed by atoms with Crippen LogP contribution in [0.5, 0.6) is 0 Å². The minimum absolute atomic E-state index is 0.00346. The Hall–Kier alpha value is -2.04. The molecule has 1 aromatic carbocycles. The summed E-state index contributed by atoms with van der Waals surface area (Å²) in [6.45, 7) is 0.951. The zero-order chi connectivity index (χ0) is 17.6. The van der Waals surface area contributed by atoms with E-state index in [2.05, 4.69) is 15.4 Å². The van der Waals surface area contributed by atoms with Gasteiger partial charge in [0.2, 0.25) is 15.9 Å². The normalized spacial score (nSPS) is 18.1. The molecule has 2 rings (SSSR count). The van der Waals surface area contributed by atoms with Crippen molar-refractivity contribution in [3.8, 4) is 0 Å². The van der Waals surface area contributed by atoms with Crippen LogP contribution in [0, 0.1) is 10.1 Å². The number of sulfonamides is 1. The largest absolute Gasteiger partial charge is 0.353 e. The van der Waals surface area contributed by atoms with Crippen molar-refractivity contribution in [1.29, 1.82) is 0 Å². The van der Waals surface area contributed by atoms with E-state index in [1.807, 2.05) is 0 Å². The van der Waals surface area contributed by atoms with Gasteiger partial charge in [-0.15, -0.1) is 0 Å². The van der Waals surface area contributed by atoms with Crippen LogP contribution in [0.15, 0.2) is 29.2 Å². The van der Waals surface area contributed by atoms with Crippen LogP contribution in [0.2, 0.25) is 0 Å². The first-order chi connectivity index (χ1) is 11.4. The molecule has 1 saturated heterocycles. The summed E-state index contributed by atoms with van der Waals surface area (Å²) in [5.41, 5.74) is -0.297. The van der Waals surface area contributed by atoms with Crippen LogP contribution in [-0.4, -0.2) is 44.9 Å². The molecular formula is C14H20N4O5S. The molecule has 0 saturated carbocycles. The quantitative estimate of drug-likeness (QED) is 0.362. The molecule has 1 fully saturated rings. The number of nitrogens with one attached hydrogen (secondary N) is 3. The summed E-state index contributed by atoms with van der Waals surface area (Å²) in [5, 5.41) is 16.5. The Balaban J connectivity index is 1.83. The number of benzene rings is 1. The molecule has 9 nitrogen and oxygen atoms in total. The van der Waals surface area contributed by atoms with Crippen LogP contribution >= 0.6 is 0 Å². The van der Waals surface area contributed by atoms with Gasteiger partial charge in [0.1, 0.15) is 0 Å². The van der Waals surface area contributed by atoms with Crippen LogP contribution in [-0.2, 0) is 14.8 Å². The summed E-state index contributed by atoms with van der Waals surface area (Å²) < 4.78 is 26.5. The number of piperidine rings is 1. The van der Waals surface area contributed by atoms with Gasteiger partial charge in [0.15, 0.2) is 0 Å². The van der Waals surface area contributed by atoms with Gasteiger partial charge < -0.3 is 10.6 Å². The van der Waals surface area contributed by atoms with Crippen LogP contribution in [0.3, 0.4) is 0 Å². The number of hydrogen-bond donors (Lipinski definition) is 3. The maximum Gasteiger partial charge on any atom is 0.270 e. The summed E-state index contributed by atoms with van der Waals surface area (Å²) in [7, 11) is -3.86. The van der Waals surface area contributed by atoms with E-state index in [1.54, 1.807) is 0 Å². The molecule has 132 valence electrons. The Bertz CT molecular complexity index is 701. The summed E-state index contributed by atoms with van der Waals surface area (Å²) in [6, 6.07) is 4.57. The monoisotopic (exact) mass is 356 g/mol. The van der Waals surface area contributed by atoms with E-state index in [0.717, 1.165) is 31.9 Å². The first kappa shape index (κ1) is 18.3. The van der Waals surface area contributed by atoms with E-state index in [0.29, 0.717) is 0 Å². The number of amides is 1. The van der Waals surface area contributed by atoms with E-state index >= 15 is 0 Å². The topological polar surface area (TPSA) is 130 Å². The highest BCUT2D eigenvalue weighted by molar-refractivity contribution is 7.89. The second-order valence-electron chi connectivity index (χ2n) is 5.45. The Morgan fingerprint density at radius 3 is 2.79 bits per heavy atom. The summed E-state index contributed by atoms with van der Waals surface area (Å²) in [4.78, 5) is 21.7. The molecule has 10 heteroatoms. The van der Waals surface area contributed by atoms with Crippen LogP contribution in [0.1, 0.15) is 19.3 Å². The Kier molecular flexibility index (Phi) is 6.23. The lowest BCUT2D eigenvalue weighted by atomic mass is 10.0. The van der Waals surface area contributed by atoms with Crippen LogP contribution in [0.25, 0.3) is 0 Å². The second-order valence-corrected chi connectivity index (χ2v) is 7.21. The highest BCUT2D eigenvalue weighted by Gasteiger charge is 2.20. The predicted molar refractivity (Wildman–Crippen MR) is 86.9 cm³/mol. The van der Waals surface area contributed by atoms with Gasteiger partial charge >= 0.3 is 0 Å². The zero-order valence-corrected chi connectivity index (χ0v) is 13.8. The number of nitro benzene ring substituents is 1. The number of non-ortho nitro benzene ring substituents is 1. The first-order valence-corrected chi connectivity index (χ1v) is 9.14. The van der Waals surface area contributed by atoms with Gasteiger partial charge in [-0.05, 0) is 25.5 Å². The molecule has 1 heterocycles. The van der Waals surface area contributed by atoms with Crippen LogP contribution in [0.4, 0.5) is 5.69 Å². The predicted octanol–water partition coefficient (Wildman–Crippen LogP) is 0.131. The van der Waals surface area contributed by atoms with Gasteiger partial charge in [0.05, 0.1) is 15.9 Å². The number of nitrogens with zero attached hydrogens (tertiary/aromatic N) is 1. The summed E-state index contributed by atoms with van der Waals surface area (Å²) >= 11 is 0. The fourth-order valence-electron chi connectivity index (χ4n) is 2.42. The fraction of sp³-hybridized carbons (Fsp3) is 0.500. The van der Waals surface area contributed by atoms with Gasteiger partial charge in [-0.25, -0.2) is 13.1 Å². The van der Waals surface area contributed by atoms with Crippen LogP contribution < -0.4 is 15.4 Å². The Morgan fingerprint density at radius 1 is 1.33 bits per heavy atom. The number of carbonyl (C=O) groups is 1. The van der Waals surface area contributed by atoms with Crippen molar-refractivity contribution in [1.82, 2.24) is 15.4 Å². The minimum Gasteiger partial charge on any atom is -0.353 e. The highest BCUT2D eigenvalue weighted by atomic mass is 32.2. The molecule has 1 aromatic rings. The Labute approximate surface area is 140 Å². The van der Waals surface area contributed by atoms with E-state index < -0.39 is 14.9 Å².